The summed E-state index contributed by atoms with van der Waals surface area (Å²) in [5.41, 5.74) is -2.14. The predicted molar refractivity (Wildman–Crippen MR) is 145 cm³/mol. The van der Waals surface area contributed by atoms with E-state index in [1.54, 1.807) is 16.5 Å². The molecule has 0 spiro atoms. The number of nitrogens with one attached hydrogen (secondary N) is 1. The molecule has 0 radical (unpaired) electrons. The Kier molecular flexibility index (Phi) is 6.70. The molecule has 0 saturated carbocycles. The lowest BCUT2D eigenvalue weighted by Crippen LogP contribution is -2.44. The molecule has 1 saturated heterocycles. The van der Waals surface area contributed by atoms with E-state index in [9.17, 15) is 22.8 Å². The van der Waals surface area contributed by atoms with Gasteiger partial charge in [0, 0.05) is 29.7 Å². The highest BCUT2D eigenvalue weighted by Gasteiger charge is 2.50. The Bertz CT molecular complexity index is 1780. The van der Waals surface area contributed by atoms with Gasteiger partial charge in [-0.2, -0.15) is 13.2 Å². The molecule has 14 heteroatoms. The number of rotatable bonds is 5. The number of halogens is 4. The molecular weight excluding hydrogens is 562 g/mol. The van der Waals surface area contributed by atoms with Crippen LogP contribution < -0.4 is 15.1 Å². The summed E-state index contributed by atoms with van der Waals surface area (Å²) in [6.45, 7) is 9.92. The van der Waals surface area contributed by atoms with Crippen LogP contribution >= 0.6 is 12.2 Å². The van der Waals surface area contributed by atoms with Gasteiger partial charge in [-0.15, -0.1) is 10.2 Å². The zero-order chi connectivity index (χ0) is 29.7. The van der Waals surface area contributed by atoms with Crippen molar-refractivity contribution in [3.8, 4) is 0 Å². The fourth-order valence-electron chi connectivity index (χ4n) is 4.50. The summed E-state index contributed by atoms with van der Waals surface area (Å²) in [5, 5.41) is 10.1. The van der Waals surface area contributed by atoms with Crippen LogP contribution in [0.3, 0.4) is 0 Å². The molecule has 1 aliphatic rings. The Labute approximate surface area is 235 Å². The Hall–Kier alpha value is -4.90. The minimum atomic E-state index is -4.83. The van der Waals surface area contributed by atoms with Gasteiger partial charge >= 0.3 is 6.18 Å². The number of nitrogens with zero attached hydrogens (tertiary/aromatic N) is 6. The lowest BCUT2D eigenvalue weighted by molar-refractivity contribution is -0.136. The van der Waals surface area contributed by atoms with Gasteiger partial charge in [-0.3, -0.25) is 18.9 Å². The maximum absolute atomic E-state index is 15.2. The van der Waals surface area contributed by atoms with Crippen molar-refractivity contribution in [2.45, 2.75) is 32.1 Å². The first-order chi connectivity index (χ1) is 19.3. The predicted octanol–water partition coefficient (Wildman–Crippen LogP) is 5.28. The van der Waals surface area contributed by atoms with Crippen molar-refractivity contribution in [3.63, 3.8) is 0 Å². The van der Waals surface area contributed by atoms with Gasteiger partial charge in [0.05, 0.1) is 17.7 Å². The third kappa shape index (κ3) is 4.84. The van der Waals surface area contributed by atoms with E-state index in [0.29, 0.717) is 17.3 Å². The summed E-state index contributed by atoms with van der Waals surface area (Å²) in [7, 11) is 0. The highest BCUT2D eigenvalue weighted by Crippen LogP contribution is 2.42. The molecular formula is C27H19F4N7O2S. The normalized spacial score (nSPS) is 15.0. The van der Waals surface area contributed by atoms with E-state index in [-0.39, 0.29) is 28.6 Å². The number of aromatic nitrogens is 3. The number of hydrogen-bond donors (Lipinski definition) is 1. The minimum absolute atomic E-state index is 0.141. The Balaban J connectivity index is 1.38. The molecule has 1 N–H and O–H groups in total. The van der Waals surface area contributed by atoms with Crippen molar-refractivity contribution in [1.82, 2.24) is 19.9 Å². The Morgan fingerprint density at radius 2 is 1.85 bits per heavy atom. The number of hydrogen-bond acceptors (Lipinski definition) is 5. The lowest BCUT2D eigenvalue weighted by Gasteiger charge is -2.29. The fourth-order valence-corrected chi connectivity index (χ4v) is 5.02. The van der Waals surface area contributed by atoms with Gasteiger partial charge in [-0.25, -0.2) is 9.24 Å². The molecule has 1 aliphatic heterocycles. The summed E-state index contributed by atoms with van der Waals surface area (Å²) < 4.78 is 57.5. The number of anilines is 2. The van der Waals surface area contributed by atoms with Crippen LogP contribution in [0.1, 0.15) is 35.3 Å². The first-order valence-corrected chi connectivity index (χ1v) is 12.4. The summed E-state index contributed by atoms with van der Waals surface area (Å²) in [4.78, 5) is 31.2. The second kappa shape index (κ2) is 9.93. The van der Waals surface area contributed by atoms with Gasteiger partial charge in [0.25, 0.3) is 11.8 Å². The van der Waals surface area contributed by atoms with Crippen LogP contribution in [0.5, 0.6) is 0 Å². The van der Waals surface area contributed by atoms with Gasteiger partial charge in [0.2, 0.25) is 0 Å². The maximum Gasteiger partial charge on any atom is 0.407 e. The van der Waals surface area contributed by atoms with Crippen molar-refractivity contribution in [3.05, 3.63) is 95.0 Å². The van der Waals surface area contributed by atoms with Crippen LogP contribution in [0, 0.1) is 12.4 Å². The van der Waals surface area contributed by atoms with Gasteiger partial charge < -0.3 is 10.2 Å². The molecule has 2 amide bonds. The zero-order valence-electron chi connectivity index (χ0n) is 21.4. The molecule has 41 heavy (non-hydrogen) atoms. The average molecular weight is 582 g/mol. The molecule has 9 nitrogen and oxygen atoms in total. The zero-order valence-corrected chi connectivity index (χ0v) is 22.2. The molecule has 0 aliphatic carbocycles. The number of alkyl halides is 3. The minimum Gasteiger partial charge on any atom is -0.348 e. The van der Waals surface area contributed by atoms with Gasteiger partial charge in [-0.05, 0) is 62.5 Å². The van der Waals surface area contributed by atoms with Crippen molar-refractivity contribution in [1.29, 1.82) is 0 Å². The summed E-state index contributed by atoms with van der Waals surface area (Å²) in [6, 6.07) is 10.1. The smallest absolute Gasteiger partial charge is 0.348 e. The molecule has 0 atom stereocenters. The molecule has 4 aromatic rings. The van der Waals surface area contributed by atoms with Crippen molar-refractivity contribution < 1.29 is 27.2 Å². The molecule has 2 aromatic heterocycles. The quantitative estimate of drug-likeness (QED) is 0.196. The highest BCUT2D eigenvalue weighted by molar-refractivity contribution is 7.81. The van der Waals surface area contributed by atoms with E-state index in [1.165, 1.54) is 49.5 Å². The Morgan fingerprint density at radius 3 is 2.54 bits per heavy atom. The van der Waals surface area contributed by atoms with E-state index in [0.717, 1.165) is 17.0 Å². The van der Waals surface area contributed by atoms with Gasteiger partial charge in [-0.1, -0.05) is 12.1 Å². The van der Waals surface area contributed by atoms with E-state index >= 15 is 4.39 Å². The first-order valence-electron chi connectivity index (χ1n) is 12.0. The number of thiocarbonyl (C=S) groups is 1. The molecule has 0 bridgehead atoms. The lowest BCUT2D eigenvalue weighted by atomic mass is 10.0. The number of benzene rings is 2. The van der Waals surface area contributed by atoms with E-state index < -0.39 is 40.6 Å². The van der Waals surface area contributed by atoms with Crippen molar-refractivity contribution in [2.24, 2.45) is 0 Å². The van der Waals surface area contributed by atoms with Crippen LogP contribution in [-0.4, -0.2) is 37.1 Å². The van der Waals surface area contributed by atoms with E-state index in [1.807, 2.05) is 0 Å². The van der Waals surface area contributed by atoms with Gasteiger partial charge in [0.1, 0.15) is 17.7 Å². The number of carbonyl (C=O) groups is 2. The summed E-state index contributed by atoms with van der Waals surface area (Å²) >= 11 is 5.49. The van der Waals surface area contributed by atoms with Gasteiger partial charge in [0.15, 0.2) is 16.4 Å². The number of fused-ring (bicyclic) bond motifs is 1. The number of amides is 2. The van der Waals surface area contributed by atoms with Crippen LogP contribution in [0.4, 0.5) is 34.6 Å². The monoisotopic (exact) mass is 581 g/mol. The van der Waals surface area contributed by atoms with E-state index in [4.69, 9.17) is 18.8 Å². The first kappa shape index (κ1) is 27.7. The number of pyridine rings is 1. The largest absolute Gasteiger partial charge is 0.407 e. The van der Waals surface area contributed by atoms with Crippen LogP contribution in [-0.2, 0) is 17.5 Å². The molecule has 208 valence electrons. The van der Waals surface area contributed by atoms with Crippen molar-refractivity contribution >= 4 is 51.9 Å². The summed E-state index contributed by atoms with van der Waals surface area (Å²) in [5.74, 6) is -1.77. The molecule has 5 rings (SSSR count). The van der Waals surface area contributed by atoms with Crippen LogP contribution in [0.15, 0.2) is 61.1 Å². The molecule has 3 heterocycles. The molecule has 1 fully saturated rings. The third-order valence-corrected chi connectivity index (χ3v) is 6.98. The van der Waals surface area contributed by atoms with Crippen LogP contribution in [0.25, 0.3) is 10.5 Å². The average Bonchev–Trinajstić information content (AvgIpc) is 3.46. The Morgan fingerprint density at radius 1 is 1.12 bits per heavy atom. The second-order valence-electron chi connectivity index (χ2n) is 9.60. The third-order valence-electron chi connectivity index (χ3n) is 6.62. The second-order valence-corrected chi connectivity index (χ2v) is 9.97. The van der Waals surface area contributed by atoms with Crippen LogP contribution in [0.2, 0.25) is 0 Å². The SMILES string of the molecule is [C-]#[N+]c1ccc(N2C(=O)C(C)(C)N(c3ccc(CNC(=O)c4ccc5nncn5c4)c(F)c3)C2=S)cc1C(F)(F)F. The highest BCUT2D eigenvalue weighted by atomic mass is 32.1. The van der Waals surface area contributed by atoms with Crippen molar-refractivity contribution in [2.75, 3.05) is 9.80 Å². The molecule has 0 unspecified atom stereocenters. The topological polar surface area (TPSA) is 87.2 Å². The summed E-state index contributed by atoms with van der Waals surface area (Å²) in [6.07, 6.45) is -1.85. The maximum atomic E-state index is 15.2. The van der Waals surface area contributed by atoms with E-state index in [2.05, 4.69) is 20.4 Å². The molecule has 2 aromatic carbocycles. The number of carbonyl (C=O) groups excluding carboxylic acids is 2. The fraction of sp³-hybridized carbons (Fsp3) is 0.185. The standard InChI is InChI=1S/C27H19F4N7O2S/c1-26(2)24(40)37(17-7-8-21(32-3)19(10-17)27(29,30)31)25(41)38(26)18-6-4-15(20(28)11-18)12-33-23(39)16-5-9-22-35-34-14-36(22)13-16/h4-11,13-14H,12H2,1-2H3,(H,33,39).